The maximum atomic E-state index is 12.7. The summed E-state index contributed by atoms with van der Waals surface area (Å²) in [5.41, 5.74) is 0.492. The fourth-order valence-electron chi connectivity index (χ4n) is 2.42. The molecule has 1 heterocycles. The fourth-order valence-corrected chi connectivity index (χ4v) is 3.37. The number of hydrogen-bond acceptors (Lipinski definition) is 5. The molecule has 24 heavy (non-hydrogen) atoms. The van der Waals surface area contributed by atoms with E-state index in [-0.39, 0.29) is 23.3 Å². The van der Waals surface area contributed by atoms with Crippen LogP contribution < -0.4 is 10.9 Å². The van der Waals surface area contributed by atoms with E-state index >= 15 is 0 Å². The third kappa shape index (κ3) is 3.79. The fraction of sp³-hybridized carbons (Fsp3) is 0.471. The van der Waals surface area contributed by atoms with Crippen molar-refractivity contribution in [3.8, 4) is 0 Å². The van der Waals surface area contributed by atoms with Gasteiger partial charge in [-0.15, -0.1) is 0 Å². The van der Waals surface area contributed by atoms with Crippen LogP contribution in [0.5, 0.6) is 0 Å². The predicted octanol–water partition coefficient (Wildman–Crippen LogP) is 1.54. The molecule has 1 aromatic carbocycles. The maximum absolute atomic E-state index is 12.7. The second-order valence-corrected chi connectivity index (χ2v) is 7.30. The summed E-state index contributed by atoms with van der Waals surface area (Å²) in [5, 5.41) is 12.8. The van der Waals surface area contributed by atoms with Crippen molar-refractivity contribution in [2.45, 2.75) is 49.2 Å². The van der Waals surface area contributed by atoms with Crippen molar-refractivity contribution < 1.29 is 9.90 Å². The van der Waals surface area contributed by atoms with E-state index < -0.39 is 0 Å². The van der Waals surface area contributed by atoms with Gasteiger partial charge >= 0.3 is 0 Å². The van der Waals surface area contributed by atoms with Gasteiger partial charge in [-0.05, 0) is 38.3 Å². The minimum atomic E-state index is -0.334. The van der Waals surface area contributed by atoms with Crippen LogP contribution in [0.2, 0.25) is 0 Å². The molecule has 0 radical (unpaired) electrons. The lowest BCUT2D eigenvalue weighted by Gasteiger charge is -2.16. The maximum Gasteiger partial charge on any atom is 0.262 e. The Balaban J connectivity index is 1.91. The van der Waals surface area contributed by atoms with Crippen LogP contribution in [0.25, 0.3) is 10.9 Å². The number of benzene rings is 1. The van der Waals surface area contributed by atoms with E-state index in [1.54, 1.807) is 22.8 Å². The third-order valence-electron chi connectivity index (χ3n) is 3.94. The highest BCUT2D eigenvalue weighted by Crippen LogP contribution is 2.25. The second kappa shape index (κ2) is 7.36. The van der Waals surface area contributed by atoms with Gasteiger partial charge in [0.05, 0.1) is 16.2 Å². The Hall–Kier alpha value is -1.86. The van der Waals surface area contributed by atoms with Gasteiger partial charge in [0, 0.05) is 19.2 Å². The first-order chi connectivity index (χ1) is 11.6. The molecule has 1 saturated carbocycles. The number of carbonyl (C=O) groups is 1. The number of fused-ring (bicyclic) bond motifs is 1. The van der Waals surface area contributed by atoms with Crippen LogP contribution in [-0.4, -0.2) is 38.5 Å². The van der Waals surface area contributed by atoms with Gasteiger partial charge in [0.25, 0.3) is 5.56 Å². The molecule has 1 fully saturated rings. The minimum Gasteiger partial charge on any atom is -0.396 e. The monoisotopic (exact) mass is 347 g/mol. The van der Waals surface area contributed by atoms with E-state index in [0.29, 0.717) is 35.1 Å². The van der Waals surface area contributed by atoms with Crippen molar-refractivity contribution in [1.29, 1.82) is 0 Å². The second-order valence-electron chi connectivity index (χ2n) is 5.99. The van der Waals surface area contributed by atoms with Crippen molar-refractivity contribution in [2.24, 2.45) is 0 Å². The van der Waals surface area contributed by atoms with Gasteiger partial charge in [-0.1, -0.05) is 23.9 Å². The van der Waals surface area contributed by atoms with Crippen LogP contribution in [-0.2, 0) is 11.3 Å². The Bertz CT molecular complexity index is 801. The zero-order chi connectivity index (χ0) is 17.1. The summed E-state index contributed by atoms with van der Waals surface area (Å²) in [5.74, 6) is -0.0291. The molecule has 7 heteroatoms. The average molecular weight is 347 g/mol. The summed E-state index contributed by atoms with van der Waals surface area (Å²) < 4.78 is 1.56. The summed E-state index contributed by atoms with van der Waals surface area (Å²) in [6, 6.07) is 7.50. The smallest absolute Gasteiger partial charge is 0.262 e. The lowest BCUT2D eigenvalue weighted by Crippen LogP contribution is -2.33. The van der Waals surface area contributed by atoms with Gasteiger partial charge in [0.15, 0.2) is 5.16 Å². The van der Waals surface area contributed by atoms with Crippen molar-refractivity contribution in [1.82, 2.24) is 14.9 Å². The number of amides is 1. The zero-order valence-electron chi connectivity index (χ0n) is 13.6. The standard InChI is InChI=1S/C17H21N3O3S/c1-11(15(22)18-12-7-8-12)24-17-19-14-6-3-2-5-13(14)16(23)20(17)9-4-10-21/h2-3,5-6,11-12,21H,4,7-10H2,1H3,(H,18,22). The molecule has 2 aromatic rings. The number of aliphatic hydroxyl groups excluding tert-OH is 1. The first kappa shape index (κ1) is 17.0. The highest BCUT2D eigenvalue weighted by atomic mass is 32.2. The molecular weight excluding hydrogens is 326 g/mol. The van der Waals surface area contributed by atoms with E-state index in [0.717, 1.165) is 12.8 Å². The Morgan fingerprint density at radius 2 is 2.21 bits per heavy atom. The molecule has 128 valence electrons. The van der Waals surface area contributed by atoms with E-state index in [4.69, 9.17) is 5.11 Å². The quantitative estimate of drug-likeness (QED) is 0.586. The normalized spacial score (nSPS) is 15.4. The number of hydrogen-bond donors (Lipinski definition) is 2. The molecule has 1 amide bonds. The van der Waals surface area contributed by atoms with E-state index in [9.17, 15) is 9.59 Å². The van der Waals surface area contributed by atoms with Crippen molar-refractivity contribution in [3.63, 3.8) is 0 Å². The molecule has 1 aromatic heterocycles. The van der Waals surface area contributed by atoms with Crippen LogP contribution in [0.4, 0.5) is 0 Å². The molecule has 0 aliphatic heterocycles. The molecule has 0 spiro atoms. The summed E-state index contributed by atoms with van der Waals surface area (Å²) in [4.78, 5) is 29.5. The summed E-state index contributed by atoms with van der Waals surface area (Å²) >= 11 is 1.29. The average Bonchev–Trinajstić information content (AvgIpc) is 3.38. The van der Waals surface area contributed by atoms with Crippen LogP contribution in [0.1, 0.15) is 26.2 Å². The lowest BCUT2D eigenvalue weighted by atomic mass is 10.2. The zero-order valence-corrected chi connectivity index (χ0v) is 14.4. The number of nitrogens with zero attached hydrogens (tertiary/aromatic N) is 2. The summed E-state index contributed by atoms with van der Waals surface area (Å²) in [7, 11) is 0. The highest BCUT2D eigenvalue weighted by molar-refractivity contribution is 8.00. The molecule has 1 aliphatic rings. The molecule has 1 unspecified atom stereocenters. The van der Waals surface area contributed by atoms with Gasteiger partial charge in [-0.3, -0.25) is 14.2 Å². The Morgan fingerprint density at radius 1 is 1.46 bits per heavy atom. The SMILES string of the molecule is CC(Sc1nc2ccccc2c(=O)n1CCCO)C(=O)NC1CC1. The van der Waals surface area contributed by atoms with Gasteiger partial charge in [-0.25, -0.2) is 4.98 Å². The van der Waals surface area contributed by atoms with Gasteiger partial charge in [0.2, 0.25) is 5.91 Å². The largest absolute Gasteiger partial charge is 0.396 e. The molecule has 0 bridgehead atoms. The molecule has 0 saturated heterocycles. The number of aliphatic hydroxyl groups is 1. The first-order valence-electron chi connectivity index (χ1n) is 8.17. The topological polar surface area (TPSA) is 84.2 Å². The number of para-hydroxylation sites is 1. The Morgan fingerprint density at radius 3 is 2.92 bits per heavy atom. The van der Waals surface area contributed by atoms with Crippen LogP contribution in [0.15, 0.2) is 34.2 Å². The lowest BCUT2D eigenvalue weighted by molar-refractivity contribution is -0.120. The third-order valence-corrected chi connectivity index (χ3v) is 5.03. The number of rotatable bonds is 7. The van der Waals surface area contributed by atoms with E-state index in [1.165, 1.54) is 11.8 Å². The van der Waals surface area contributed by atoms with Crippen molar-refractivity contribution in [3.05, 3.63) is 34.6 Å². The van der Waals surface area contributed by atoms with E-state index in [1.807, 2.05) is 13.0 Å². The van der Waals surface area contributed by atoms with Crippen LogP contribution >= 0.6 is 11.8 Å². The minimum absolute atomic E-state index is 0.00108. The van der Waals surface area contributed by atoms with Gasteiger partial charge in [0.1, 0.15) is 0 Å². The van der Waals surface area contributed by atoms with Crippen molar-refractivity contribution >= 4 is 28.6 Å². The van der Waals surface area contributed by atoms with E-state index in [2.05, 4.69) is 10.3 Å². The first-order valence-corrected chi connectivity index (χ1v) is 9.05. The van der Waals surface area contributed by atoms with Gasteiger partial charge < -0.3 is 10.4 Å². The number of thioether (sulfide) groups is 1. The van der Waals surface area contributed by atoms with Crippen LogP contribution in [0, 0.1) is 0 Å². The molecule has 6 nitrogen and oxygen atoms in total. The number of aromatic nitrogens is 2. The Labute approximate surface area is 144 Å². The number of nitrogens with one attached hydrogen (secondary N) is 1. The van der Waals surface area contributed by atoms with Crippen LogP contribution in [0.3, 0.4) is 0 Å². The molecule has 2 N–H and O–H groups in total. The van der Waals surface area contributed by atoms with Crippen molar-refractivity contribution in [2.75, 3.05) is 6.61 Å². The number of carbonyl (C=O) groups excluding carboxylic acids is 1. The Kier molecular flexibility index (Phi) is 5.20. The molecule has 1 atom stereocenters. The highest BCUT2D eigenvalue weighted by Gasteiger charge is 2.27. The van der Waals surface area contributed by atoms with Gasteiger partial charge in [-0.2, -0.15) is 0 Å². The molecule has 1 aliphatic carbocycles. The predicted molar refractivity (Wildman–Crippen MR) is 94.2 cm³/mol. The summed E-state index contributed by atoms with van der Waals surface area (Å²) in [6.45, 7) is 2.20. The molecular formula is C17H21N3O3S. The molecule has 3 rings (SSSR count). The summed E-state index contributed by atoms with van der Waals surface area (Å²) in [6.07, 6.45) is 2.55.